The maximum atomic E-state index is 13.4. The van der Waals surface area contributed by atoms with Gasteiger partial charge in [-0.2, -0.15) is 0 Å². The van der Waals surface area contributed by atoms with Crippen LogP contribution in [0.15, 0.2) is 34.1 Å². The molecule has 0 N–H and O–H groups in total. The Hall–Kier alpha value is -1.06. The molecule has 3 aromatic rings. The zero-order chi connectivity index (χ0) is 17.3. The monoisotopic (exact) mass is 463 g/mol. The van der Waals surface area contributed by atoms with Gasteiger partial charge in [0.2, 0.25) is 0 Å². The predicted octanol–water partition coefficient (Wildman–Crippen LogP) is 4.89. The number of thiophene rings is 1. The molecule has 0 saturated carbocycles. The van der Waals surface area contributed by atoms with Gasteiger partial charge in [-0.3, -0.25) is 9.69 Å². The predicted molar refractivity (Wildman–Crippen MR) is 109 cm³/mol. The van der Waals surface area contributed by atoms with Gasteiger partial charge < -0.3 is 4.90 Å². The Kier molecular flexibility index (Phi) is 6.93. The van der Waals surface area contributed by atoms with Crippen LogP contribution in [0.1, 0.15) is 9.67 Å². The molecule has 2 aromatic heterocycles. The summed E-state index contributed by atoms with van der Waals surface area (Å²) >= 11 is 6.11. The quantitative estimate of drug-likeness (QED) is 0.539. The summed E-state index contributed by atoms with van der Waals surface area (Å²) < 4.78 is 15.1. The molecule has 1 aromatic carbocycles. The maximum absolute atomic E-state index is 13.4. The molecular formula is C16H16BrClFN3OS2. The maximum Gasteiger partial charge on any atom is 0.270 e. The first-order valence-electron chi connectivity index (χ1n) is 7.22. The van der Waals surface area contributed by atoms with E-state index in [-0.39, 0.29) is 24.1 Å². The summed E-state index contributed by atoms with van der Waals surface area (Å²) in [6, 6.07) is 8.13. The molecule has 9 heteroatoms. The molecule has 0 saturated heterocycles. The minimum atomic E-state index is -0.300. The molecule has 0 fully saturated rings. The van der Waals surface area contributed by atoms with Gasteiger partial charge in [0.15, 0.2) is 5.13 Å². The number of carbonyl (C=O) groups excluding carboxylic acids is 1. The van der Waals surface area contributed by atoms with Crippen LogP contribution in [-0.4, -0.2) is 43.0 Å². The molecule has 0 aliphatic rings. The zero-order valence-corrected chi connectivity index (χ0v) is 17.6. The molecule has 134 valence electrons. The Balaban J connectivity index is 0.00000225. The average Bonchev–Trinajstić information content (AvgIpc) is 3.12. The van der Waals surface area contributed by atoms with Crippen molar-refractivity contribution in [3.63, 3.8) is 0 Å². The lowest BCUT2D eigenvalue weighted by Crippen LogP contribution is -2.36. The standard InChI is InChI=1S/C16H15BrFN3OS2.ClH/c1-20(2)7-8-21(15(22)12-5-6-14(17)23-12)16-19-11-4-3-10(18)9-13(11)24-16;/h3-6,9H,7-8H2,1-2H3;1H. The molecule has 0 unspecified atom stereocenters. The second kappa shape index (κ2) is 8.55. The molecular weight excluding hydrogens is 449 g/mol. The summed E-state index contributed by atoms with van der Waals surface area (Å²) in [6.45, 7) is 1.23. The second-order valence-corrected chi connectivity index (χ2v) is 8.94. The third-order valence-corrected chi connectivity index (χ3v) is 6.02. The number of anilines is 1. The Bertz CT molecular complexity index is 883. The van der Waals surface area contributed by atoms with Crippen LogP contribution in [-0.2, 0) is 0 Å². The second-order valence-electron chi connectivity index (χ2n) is 5.47. The van der Waals surface area contributed by atoms with E-state index in [1.165, 1.54) is 34.8 Å². The SMILES string of the molecule is CN(C)CCN(C(=O)c1ccc(Br)s1)c1nc2ccc(F)cc2s1.Cl. The van der Waals surface area contributed by atoms with Gasteiger partial charge in [-0.25, -0.2) is 9.37 Å². The van der Waals surface area contributed by atoms with E-state index in [0.29, 0.717) is 28.6 Å². The summed E-state index contributed by atoms with van der Waals surface area (Å²) in [6.07, 6.45) is 0. The highest BCUT2D eigenvalue weighted by Crippen LogP contribution is 2.31. The molecule has 0 spiro atoms. The lowest BCUT2D eigenvalue weighted by molar-refractivity contribution is 0.0989. The fraction of sp³-hybridized carbons (Fsp3) is 0.250. The first kappa shape index (κ1) is 20.3. The topological polar surface area (TPSA) is 36.4 Å². The van der Waals surface area contributed by atoms with Crippen molar-refractivity contribution >= 4 is 72.3 Å². The van der Waals surface area contributed by atoms with Gasteiger partial charge in [-0.05, 0) is 60.4 Å². The Labute approximate surface area is 167 Å². The highest BCUT2D eigenvalue weighted by molar-refractivity contribution is 9.11. The fourth-order valence-corrected chi connectivity index (χ4v) is 4.50. The number of rotatable bonds is 5. The molecule has 25 heavy (non-hydrogen) atoms. The minimum absolute atomic E-state index is 0. The van der Waals surface area contributed by atoms with Crippen molar-refractivity contribution in [2.75, 3.05) is 32.1 Å². The molecule has 0 atom stereocenters. The van der Waals surface area contributed by atoms with Crippen molar-refractivity contribution in [1.82, 2.24) is 9.88 Å². The first-order valence-corrected chi connectivity index (χ1v) is 9.64. The van der Waals surface area contributed by atoms with Crippen molar-refractivity contribution in [3.8, 4) is 0 Å². The third-order valence-electron chi connectivity index (χ3n) is 3.37. The highest BCUT2D eigenvalue weighted by atomic mass is 79.9. The average molecular weight is 465 g/mol. The summed E-state index contributed by atoms with van der Waals surface area (Å²) in [5.74, 6) is -0.391. The van der Waals surface area contributed by atoms with E-state index in [2.05, 4.69) is 20.9 Å². The van der Waals surface area contributed by atoms with Gasteiger partial charge in [0.05, 0.1) is 18.9 Å². The minimum Gasteiger partial charge on any atom is -0.308 e. The number of benzene rings is 1. The molecule has 0 radical (unpaired) electrons. The number of fused-ring (bicyclic) bond motifs is 1. The van der Waals surface area contributed by atoms with E-state index in [0.717, 1.165) is 8.49 Å². The molecule has 3 rings (SSSR count). The lowest BCUT2D eigenvalue weighted by Gasteiger charge is -2.21. The Morgan fingerprint density at radius 2 is 1.96 bits per heavy atom. The zero-order valence-electron chi connectivity index (χ0n) is 13.5. The first-order chi connectivity index (χ1) is 11.4. The fourth-order valence-electron chi connectivity index (χ4n) is 2.15. The van der Waals surface area contributed by atoms with Gasteiger partial charge in [0.25, 0.3) is 5.91 Å². The molecule has 4 nitrogen and oxygen atoms in total. The number of thiazole rings is 1. The summed E-state index contributed by atoms with van der Waals surface area (Å²) in [5, 5.41) is 0.590. The van der Waals surface area contributed by atoms with E-state index in [4.69, 9.17) is 0 Å². The normalized spacial score (nSPS) is 10.9. The van der Waals surface area contributed by atoms with Crippen molar-refractivity contribution < 1.29 is 9.18 Å². The van der Waals surface area contributed by atoms with Crippen LogP contribution in [0.3, 0.4) is 0 Å². The number of aromatic nitrogens is 1. The number of likely N-dealkylation sites (N-methyl/N-ethyl adjacent to an activating group) is 1. The van der Waals surface area contributed by atoms with Gasteiger partial charge >= 0.3 is 0 Å². The Morgan fingerprint density at radius 1 is 1.20 bits per heavy atom. The van der Waals surface area contributed by atoms with Crippen molar-refractivity contribution in [2.24, 2.45) is 0 Å². The molecule has 0 aliphatic heterocycles. The van der Waals surface area contributed by atoms with E-state index < -0.39 is 0 Å². The number of amides is 1. The van der Waals surface area contributed by atoms with Crippen LogP contribution in [0.2, 0.25) is 0 Å². The van der Waals surface area contributed by atoms with Crippen LogP contribution < -0.4 is 4.90 Å². The van der Waals surface area contributed by atoms with E-state index in [1.54, 1.807) is 17.0 Å². The third kappa shape index (κ3) is 4.77. The van der Waals surface area contributed by atoms with Gasteiger partial charge in [0.1, 0.15) is 5.82 Å². The molecule has 0 bridgehead atoms. The highest BCUT2D eigenvalue weighted by Gasteiger charge is 2.22. The number of hydrogen-bond donors (Lipinski definition) is 0. The molecule has 0 aliphatic carbocycles. The smallest absolute Gasteiger partial charge is 0.270 e. The van der Waals surface area contributed by atoms with Crippen molar-refractivity contribution in [1.29, 1.82) is 0 Å². The van der Waals surface area contributed by atoms with E-state index in [9.17, 15) is 9.18 Å². The summed E-state index contributed by atoms with van der Waals surface area (Å²) in [4.78, 5) is 21.7. The van der Waals surface area contributed by atoms with Gasteiger partial charge in [-0.1, -0.05) is 11.3 Å². The van der Waals surface area contributed by atoms with Crippen LogP contribution in [0.25, 0.3) is 10.2 Å². The van der Waals surface area contributed by atoms with Crippen molar-refractivity contribution in [2.45, 2.75) is 0 Å². The van der Waals surface area contributed by atoms with Crippen LogP contribution in [0.4, 0.5) is 9.52 Å². The van der Waals surface area contributed by atoms with Gasteiger partial charge in [-0.15, -0.1) is 23.7 Å². The van der Waals surface area contributed by atoms with Gasteiger partial charge in [0, 0.05) is 13.1 Å². The largest absolute Gasteiger partial charge is 0.308 e. The summed E-state index contributed by atoms with van der Waals surface area (Å²) in [5.41, 5.74) is 0.700. The number of halogens is 3. The van der Waals surface area contributed by atoms with E-state index in [1.807, 2.05) is 25.1 Å². The summed E-state index contributed by atoms with van der Waals surface area (Å²) in [7, 11) is 3.91. The van der Waals surface area contributed by atoms with E-state index >= 15 is 0 Å². The van der Waals surface area contributed by atoms with Crippen LogP contribution in [0.5, 0.6) is 0 Å². The lowest BCUT2D eigenvalue weighted by atomic mass is 10.3. The number of hydrogen-bond acceptors (Lipinski definition) is 5. The molecule has 1 amide bonds. The Morgan fingerprint density at radius 3 is 2.60 bits per heavy atom. The van der Waals surface area contributed by atoms with Crippen LogP contribution in [0, 0.1) is 5.82 Å². The van der Waals surface area contributed by atoms with Crippen molar-refractivity contribution in [3.05, 3.63) is 44.8 Å². The molecule has 2 heterocycles. The number of nitrogens with zero attached hydrogens (tertiary/aromatic N) is 3. The number of carbonyl (C=O) groups is 1. The van der Waals surface area contributed by atoms with Crippen LogP contribution >= 0.6 is 51.0 Å².